The van der Waals surface area contributed by atoms with E-state index in [1.807, 2.05) is 46.8 Å². The minimum Gasteiger partial charge on any atom is -0.481 e. The molecule has 2 saturated heterocycles. The van der Waals surface area contributed by atoms with Gasteiger partial charge in [0, 0.05) is 31.4 Å². The lowest BCUT2D eigenvalue weighted by molar-refractivity contribution is -0.139. The molecule has 1 aromatic heterocycles. The lowest BCUT2D eigenvalue weighted by atomic mass is 9.87. The van der Waals surface area contributed by atoms with Gasteiger partial charge in [-0.2, -0.15) is 13.2 Å². The summed E-state index contributed by atoms with van der Waals surface area (Å²) in [5.41, 5.74) is 3.47. The SMILES string of the molecule is Cc1cc(F)cc(C)c1-c1cc([C@H](CC(=O)O)NC(=O)[C@@H](CC(C)C)n2cc(CCN3C[C@]4(C)C[C@H]3CO4)c(C(F)(F)F)cc2=O)cc2c1CCC2. The normalized spacial score (nSPS) is 21.1. The number of rotatable bonds is 12. The number of hydrogen-bond acceptors (Lipinski definition) is 5. The molecule has 280 valence electrons. The summed E-state index contributed by atoms with van der Waals surface area (Å²) in [6, 6.07) is 5.18. The Hall–Kier alpha value is -4.03. The molecule has 3 aliphatic rings. The zero-order chi connectivity index (χ0) is 37.7. The van der Waals surface area contributed by atoms with Crippen molar-refractivity contribution in [2.24, 2.45) is 5.92 Å². The highest BCUT2D eigenvalue weighted by Crippen LogP contribution is 2.40. The Morgan fingerprint density at radius 3 is 2.40 bits per heavy atom. The van der Waals surface area contributed by atoms with Crippen molar-refractivity contribution in [2.45, 2.75) is 109 Å². The number of ether oxygens (including phenoxy) is 1. The number of fused-ring (bicyclic) bond motifs is 3. The largest absolute Gasteiger partial charge is 0.481 e. The summed E-state index contributed by atoms with van der Waals surface area (Å²) in [4.78, 5) is 42.1. The molecular weight excluding hydrogens is 678 g/mol. The molecule has 2 aromatic carbocycles. The van der Waals surface area contributed by atoms with E-state index in [0.717, 1.165) is 63.6 Å². The smallest absolute Gasteiger partial charge is 0.416 e. The summed E-state index contributed by atoms with van der Waals surface area (Å²) in [6.07, 6.45) is -0.670. The zero-order valence-electron chi connectivity index (χ0n) is 30.3. The number of aromatic nitrogens is 1. The number of aryl methyl sites for hydroxylation is 3. The van der Waals surface area contributed by atoms with Crippen molar-refractivity contribution in [3.05, 3.63) is 91.6 Å². The van der Waals surface area contributed by atoms with E-state index in [0.29, 0.717) is 31.3 Å². The van der Waals surface area contributed by atoms with E-state index in [4.69, 9.17) is 4.74 Å². The number of carboxylic acid groups (broad SMARTS) is 1. The van der Waals surface area contributed by atoms with Gasteiger partial charge in [-0.05, 0) is 128 Å². The van der Waals surface area contributed by atoms with Crippen LogP contribution in [0.5, 0.6) is 0 Å². The number of nitrogens with zero attached hydrogens (tertiary/aromatic N) is 2. The van der Waals surface area contributed by atoms with E-state index in [-0.39, 0.29) is 41.8 Å². The van der Waals surface area contributed by atoms with Crippen LogP contribution in [0.15, 0.2) is 41.3 Å². The van der Waals surface area contributed by atoms with Crippen LogP contribution in [0.25, 0.3) is 11.1 Å². The number of halogens is 4. The molecule has 3 heterocycles. The summed E-state index contributed by atoms with van der Waals surface area (Å²) in [6.45, 7) is 10.8. The number of pyridine rings is 1. The molecule has 2 bridgehead atoms. The molecule has 2 N–H and O–H groups in total. The van der Waals surface area contributed by atoms with Crippen LogP contribution < -0.4 is 10.9 Å². The number of nitrogens with one attached hydrogen (secondary N) is 1. The van der Waals surface area contributed by atoms with Crippen LogP contribution in [-0.4, -0.2) is 57.8 Å². The first kappa shape index (κ1) is 37.7. The maximum Gasteiger partial charge on any atom is 0.416 e. The van der Waals surface area contributed by atoms with E-state index in [2.05, 4.69) is 10.2 Å². The van der Waals surface area contributed by atoms with Gasteiger partial charge in [0.2, 0.25) is 5.91 Å². The first-order valence-electron chi connectivity index (χ1n) is 18.1. The molecule has 12 heteroatoms. The highest BCUT2D eigenvalue weighted by molar-refractivity contribution is 5.82. The van der Waals surface area contributed by atoms with Gasteiger partial charge >= 0.3 is 12.1 Å². The first-order valence-corrected chi connectivity index (χ1v) is 18.1. The summed E-state index contributed by atoms with van der Waals surface area (Å²) in [5, 5.41) is 12.9. The van der Waals surface area contributed by atoms with Gasteiger partial charge in [-0.3, -0.25) is 19.3 Å². The second kappa shape index (κ2) is 14.4. The van der Waals surface area contributed by atoms with Gasteiger partial charge in [0.15, 0.2) is 0 Å². The fourth-order valence-corrected chi connectivity index (χ4v) is 8.62. The van der Waals surface area contributed by atoms with Crippen LogP contribution in [0.4, 0.5) is 17.6 Å². The Kier molecular flexibility index (Phi) is 10.5. The Morgan fingerprint density at radius 2 is 1.81 bits per heavy atom. The minimum absolute atomic E-state index is 0.0134. The molecule has 4 atom stereocenters. The second-order valence-corrected chi connectivity index (χ2v) is 15.6. The molecule has 1 aliphatic carbocycles. The number of morpholine rings is 1. The van der Waals surface area contributed by atoms with E-state index in [1.165, 1.54) is 18.3 Å². The lowest BCUT2D eigenvalue weighted by Gasteiger charge is -2.31. The number of aliphatic carboxylic acids is 1. The number of carbonyl (C=O) groups excluding carboxylic acids is 1. The van der Waals surface area contributed by atoms with E-state index in [9.17, 15) is 37.1 Å². The van der Waals surface area contributed by atoms with Crippen molar-refractivity contribution in [1.29, 1.82) is 0 Å². The van der Waals surface area contributed by atoms with Gasteiger partial charge in [-0.1, -0.05) is 19.9 Å². The van der Waals surface area contributed by atoms with Gasteiger partial charge in [-0.15, -0.1) is 0 Å². The van der Waals surface area contributed by atoms with E-state index in [1.54, 1.807) is 0 Å². The first-order chi connectivity index (χ1) is 24.4. The minimum atomic E-state index is -4.78. The van der Waals surface area contributed by atoms with Crippen molar-refractivity contribution < 1.29 is 37.0 Å². The third-order valence-corrected chi connectivity index (χ3v) is 10.9. The Balaban J connectivity index is 1.36. The van der Waals surface area contributed by atoms with Crippen LogP contribution in [0.1, 0.15) is 97.5 Å². The third-order valence-electron chi connectivity index (χ3n) is 10.9. The average Bonchev–Trinajstić information content (AvgIpc) is 3.75. The van der Waals surface area contributed by atoms with E-state index < -0.39 is 47.7 Å². The summed E-state index contributed by atoms with van der Waals surface area (Å²) < 4.78 is 64.1. The number of carboxylic acids is 1. The van der Waals surface area contributed by atoms with Crippen molar-refractivity contribution in [3.8, 4) is 11.1 Å². The monoisotopic (exact) mass is 725 g/mol. The van der Waals surface area contributed by atoms with Crippen LogP contribution in [-0.2, 0) is 39.8 Å². The fourth-order valence-electron chi connectivity index (χ4n) is 8.62. The molecule has 52 heavy (non-hydrogen) atoms. The molecule has 0 unspecified atom stereocenters. The molecule has 0 saturated carbocycles. The maximum absolute atomic E-state index is 14.3. The highest BCUT2D eigenvalue weighted by Gasteiger charge is 2.47. The summed E-state index contributed by atoms with van der Waals surface area (Å²) in [5.74, 6) is -2.31. The van der Waals surface area contributed by atoms with E-state index >= 15 is 0 Å². The van der Waals surface area contributed by atoms with Gasteiger partial charge < -0.3 is 19.7 Å². The van der Waals surface area contributed by atoms with Gasteiger partial charge in [0.05, 0.1) is 30.2 Å². The van der Waals surface area contributed by atoms with Gasteiger partial charge in [-0.25, -0.2) is 4.39 Å². The number of carbonyl (C=O) groups is 2. The molecule has 0 spiro atoms. The van der Waals surface area contributed by atoms with Crippen molar-refractivity contribution in [3.63, 3.8) is 0 Å². The van der Waals surface area contributed by atoms with Crippen LogP contribution in [0, 0.1) is 25.6 Å². The Morgan fingerprint density at radius 1 is 1.10 bits per heavy atom. The predicted molar refractivity (Wildman–Crippen MR) is 189 cm³/mol. The van der Waals surface area contributed by atoms with Crippen LogP contribution in [0.3, 0.4) is 0 Å². The van der Waals surface area contributed by atoms with Crippen molar-refractivity contribution >= 4 is 11.9 Å². The number of likely N-dealkylation sites (tertiary alicyclic amines) is 1. The molecule has 1 amide bonds. The van der Waals surface area contributed by atoms with Crippen LogP contribution >= 0.6 is 0 Å². The zero-order valence-corrected chi connectivity index (χ0v) is 30.3. The summed E-state index contributed by atoms with van der Waals surface area (Å²) >= 11 is 0. The topological polar surface area (TPSA) is 101 Å². The fraction of sp³-hybridized carbons (Fsp3) is 0.525. The molecule has 3 aromatic rings. The summed E-state index contributed by atoms with van der Waals surface area (Å²) in [7, 11) is 0. The molecule has 2 aliphatic heterocycles. The number of alkyl halides is 3. The van der Waals surface area contributed by atoms with Gasteiger partial charge in [0.1, 0.15) is 11.9 Å². The van der Waals surface area contributed by atoms with Crippen molar-refractivity contribution in [2.75, 3.05) is 19.7 Å². The average molecular weight is 726 g/mol. The Labute approximate surface area is 301 Å². The Bertz CT molecular complexity index is 1920. The number of benzene rings is 2. The molecule has 2 fully saturated rings. The number of hydrogen-bond donors (Lipinski definition) is 2. The lowest BCUT2D eigenvalue weighted by Crippen LogP contribution is -2.42. The van der Waals surface area contributed by atoms with Crippen LogP contribution in [0.2, 0.25) is 0 Å². The molecular formula is C40H47F4N3O5. The van der Waals surface area contributed by atoms with Crippen molar-refractivity contribution in [1.82, 2.24) is 14.8 Å². The maximum atomic E-state index is 14.3. The predicted octanol–water partition coefficient (Wildman–Crippen LogP) is 7.10. The highest BCUT2D eigenvalue weighted by atomic mass is 19.4. The second-order valence-electron chi connectivity index (χ2n) is 15.6. The molecule has 0 radical (unpaired) electrons. The third kappa shape index (κ3) is 7.83. The molecule has 8 nitrogen and oxygen atoms in total. The van der Waals surface area contributed by atoms with Gasteiger partial charge in [0.25, 0.3) is 5.56 Å². The standard InChI is InChI=1S/C40H47F4N3O5/c1-22(2)11-34(47-19-26(32(16-35(47)48)40(42,43)44)9-10-46-21-39(5)18-29(46)20-52-39)38(51)45-33(17-36(49)50)27-14-25-7-6-8-30(25)31(15-27)37-23(3)12-28(41)13-24(37)4/h12-16,19,22,29,33-34H,6-11,17-18,20-21H2,1-5H3,(H,45,51)(H,49,50)/t29-,33-,34+,39-/m0/s1. The quantitative estimate of drug-likeness (QED) is 0.193. The molecule has 6 rings (SSSR count). The number of amides is 1.